The van der Waals surface area contributed by atoms with E-state index in [9.17, 15) is 0 Å². The zero-order valence-corrected chi connectivity index (χ0v) is 10.0. The second-order valence-corrected chi connectivity index (χ2v) is 4.01. The van der Waals surface area contributed by atoms with Crippen LogP contribution in [0.2, 0.25) is 0 Å². The molecule has 0 aliphatic rings. The molecule has 0 aliphatic heterocycles. The molecule has 0 aliphatic carbocycles. The second kappa shape index (κ2) is 5.56. The van der Waals surface area contributed by atoms with Gasteiger partial charge in [-0.25, -0.2) is 0 Å². The monoisotopic (exact) mass is 204 g/mol. The minimum absolute atomic E-state index is 0.940. The van der Waals surface area contributed by atoms with Crippen LogP contribution in [-0.4, -0.2) is 27.7 Å². The van der Waals surface area contributed by atoms with Gasteiger partial charge in [-0.3, -0.25) is 0 Å². The Morgan fingerprint density at radius 3 is 2.33 bits per heavy atom. The molecule has 1 aromatic rings. The molecule has 0 spiro atoms. The number of likely N-dealkylation sites (N-methyl/N-ethyl adjacent to an activating group) is 1. The highest BCUT2D eigenvalue weighted by Gasteiger charge is 1.94. The van der Waals surface area contributed by atoms with Crippen molar-refractivity contribution in [3.63, 3.8) is 0 Å². The lowest BCUT2D eigenvalue weighted by atomic mass is 10.1. The van der Waals surface area contributed by atoms with Crippen LogP contribution in [0.3, 0.4) is 0 Å². The Hall–Kier alpha value is -1.28. The van der Waals surface area contributed by atoms with Crippen LogP contribution in [0.25, 0.3) is 6.08 Å². The van der Waals surface area contributed by atoms with Crippen molar-refractivity contribution >= 4 is 11.8 Å². The standard InChI is InChI=1S/C13H20N2/c1-11(10-14-2)9-12-5-7-13(8-6-12)15(3)4/h5-9,14H,10H2,1-4H3. The van der Waals surface area contributed by atoms with Crippen LogP contribution < -0.4 is 10.2 Å². The van der Waals surface area contributed by atoms with Crippen LogP contribution in [-0.2, 0) is 0 Å². The lowest BCUT2D eigenvalue weighted by Gasteiger charge is -2.12. The van der Waals surface area contributed by atoms with Crippen molar-refractivity contribution in [2.45, 2.75) is 6.92 Å². The van der Waals surface area contributed by atoms with Crippen molar-refractivity contribution in [2.24, 2.45) is 0 Å². The van der Waals surface area contributed by atoms with Gasteiger partial charge in [0, 0.05) is 26.3 Å². The summed E-state index contributed by atoms with van der Waals surface area (Å²) in [6, 6.07) is 8.57. The van der Waals surface area contributed by atoms with Gasteiger partial charge in [-0.2, -0.15) is 0 Å². The maximum absolute atomic E-state index is 3.14. The van der Waals surface area contributed by atoms with Crippen LogP contribution >= 0.6 is 0 Å². The molecule has 0 atom stereocenters. The highest BCUT2D eigenvalue weighted by molar-refractivity contribution is 5.57. The van der Waals surface area contributed by atoms with Gasteiger partial charge in [0.25, 0.3) is 0 Å². The lowest BCUT2D eigenvalue weighted by molar-refractivity contribution is 0.884. The largest absolute Gasteiger partial charge is 0.378 e. The molecule has 1 N–H and O–H groups in total. The summed E-state index contributed by atoms with van der Waals surface area (Å²) in [4.78, 5) is 2.11. The molecule has 0 aromatic heterocycles. The van der Waals surface area contributed by atoms with E-state index < -0.39 is 0 Å². The van der Waals surface area contributed by atoms with E-state index in [0.717, 1.165) is 6.54 Å². The highest BCUT2D eigenvalue weighted by Crippen LogP contribution is 2.14. The zero-order chi connectivity index (χ0) is 11.3. The lowest BCUT2D eigenvalue weighted by Crippen LogP contribution is -2.08. The smallest absolute Gasteiger partial charge is 0.0361 e. The number of anilines is 1. The molecule has 82 valence electrons. The molecule has 0 saturated carbocycles. The third kappa shape index (κ3) is 3.76. The SMILES string of the molecule is CNCC(C)=Cc1ccc(N(C)C)cc1. The molecule has 2 heteroatoms. The maximum atomic E-state index is 3.14. The van der Waals surface area contributed by atoms with Crippen molar-refractivity contribution in [3.05, 3.63) is 35.4 Å². The van der Waals surface area contributed by atoms with Crippen LogP contribution in [0.4, 0.5) is 5.69 Å². The molecule has 0 radical (unpaired) electrons. The minimum Gasteiger partial charge on any atom is -0.378 e. The van der Waals surface area contributed by atoms with Crippen LogP contribution in [0.1, 0.15) is 12.5 Å². The van der Waals surface area contributed by atoms with Crippen molar-refractivity contribution in [1.29, 1.82) is 0 Å². The second-order valence-electron chi connectivity index (χ2n) is 4.01. The van der Waals surface area contributed by atoms with E-state index >= 15 is 0 Å². The number of rotatable bonds is 4. The molecular formula is C13H20N2. The average molecular weight is 204 g/mol. The first-order valence-corrected chi connectivity index (χ1v) is 5.22. The van der Waals surface area contributed by atoms with Crippen molar-refractivity contribution in [1.82, 2.24) is 5.32 Å². The molecule has 0 unspecified atom stereocenters. The molecule has 0 heterocycles. The Morgan fingerprint density at radius 2 is 1.87 bits per heavy atom. The van der Waals surface area contributed by atoms with Crippen LogP contribution in [0.5, 0.6) is 0 Å². The molecule has 0 bridgehead atoms. The summed E-state index contributed by atoms with van der Waals surface area (Å²) >= 11 is 0. The number of benzene rings is 1. The minimum atomic E-state index is 0.940. The highest BCUT2D eigenvalue weighted by atomic mass is 15.1. The van der Waals surface area contributed by atoms with E-state index in [0.29, 0.717) is 0 Å². The zero-order valence-electron chi connectivity index (χ0n) is 10.0. The van der Waals surface area contributed by atoms with Gasteiger partial charge in [0.15, 0.2) is 0 Å². The fraction of sp³-hybridized carbons (Fsp3) is 0.385. The molecular weight excluding hydrogens is 184 g/mol. The quantitative estimate of drug-likeness (QED) is 0.810. The molecule has 0 amide bonds. The maximum Gasteiger partial charge on any atom is 0.0361 e. The number of hydrogen-bond donors (Lipinski definition) is 1. The first kappa shape index (κ1) is 11.8. The first-order valence-electron chi connectivity index (χ1n) is 5.22. The predicted octanol–water partition coefficient (Wildman–Crippen LogP) is 2.38. The average Bonchev–Trinajstić information content (AvgIpc) is 2.18. The van der Waals surface area contributed by atoms with E-state index in [1.807, 2.05) is 7.05 Å². The van der Waals surface area contributed by atoms with Gasteiger partial charge < -0.3 is 10.2 Å². The van der Waals surface area contributed by atoms with E-state index in [1.165, 1.54) is 16.8 Å². The molecule has 0 fully saturated rings. The van der Waals surface area contributed by atoms with E-state index in [4.69, 9.17) is 0 Å². The molecule has 1 aromatic carbocycles. The first-order chi connectivity index (χ1) is 7.13. The Labute approximate surface area is 92.6 Å². The number of nitrogens with one attached hydrogen (secondary N) is 1. The third-order valence-electron chi connectivity index (χ3n) is 2.28. The Morgan fingerprint density at radius 1 is 1.27 bits per heavy atom. The number of hydrogen-bond acceptors (Lipinski definition) is 2. The van der Waals surface area contributed by atoms with E-state index in [2.05, 4.69) is 61.6 Å². The summed E-state index contributed by atoms with van der Waals surface area (Å²) in [6.07, 6.45) is 2.20. The van der Waals surface area contributed by atoms with Gasteiger partial charge in [-0.1, -0.05) is 23.8 Å². The Kier molecular flexibility index (Phi) is 4.37. The summed E-state index contributed by atoms with van der Waals surface area (Å²) in [6.45, 7) is 3.08. The molecule has 15 heavy (non-hydrogen) atoms. The topological polar surface area (TPSA) is 15.3 Å². The fourth-order valence-electron chi connectivity index (χ4n) is 1.48. The summed E-state index contributed by atoms with van der Waals surface area (Å²) < 4.78 is 0. The predicted molar refractivity (Wildman–Crippen MR) is 68.3 cm³/mol. The van der Waals surface area contributed by atoms with Crippen LogP contribution in [0, 0.1) is 0 Å². The summed E-state index contributed by atoms with van der Waals surface area (Å²) in [5, 5.41) is 3.14. The van der Waals surface area contributed by atoms with Crippen molar-refractivity contribution in [3.8, 4) is 0 Å². The van der Waals surface area contributed by atoms with E-state index in [-0.39, 0.29) is 0 Å². The summed E-state index contributed by atoms with van der Waals surface area (Å²) in [5.74, 6) is 0. The summed E-state index contributed by atoms with van der Waals surface area (Å²) in [7, 11) is 6.07. The van der Waals surface area contributed by atoms with Crippen molar-refractivity contribution in [2.75, 3.05) is 32.6 Å². The van der Waals surface area contributed by atoms with E-state index in [1.54, 1.807) is 0 Å². The molecule has 1 rings (SSSR count). The molecule has 0 saturated heterocycles. The fourth-order valence-corrected chi connectivity index (χ4v) is 1.48. The van der Waals surface area contributed by atoms with Crippen LogP contribution in [0.15, 0.2) is 29.8 Å². The van der Waals surface area contributed by atoms with Gasteiger partial charge in [0.1, 0.15) is 0 Å². The van der Waals surface area contributed by atoms with Gasteiger partial charge in [0.05, 0.1) is 0 Å². The molecule has 2 nitrogen and oxygen atoms in total. The van der Waals surface area contributed by atoms with Gasteiger partial charge in [-0.15, -0.1) is 0 Å². The normalized spacial score (nSPS) is 11.6. The van der Waals surface area contributed by atoms with Crippen molar-refractivity contribution < 1.29 is 0 Å². The van der Waals surface area contributed by atoms with Gasteiger partial charge >= 0.3 is 0 Å². The number of nitrogens with zero attached hydrogens (tertiary/aromatic N) is 1. The summed E-state index contributed by atoms with van der Waals surface area (Å²) in [5.41, 5.74) is 3.84. The third-order valence-corrected chi connectivity index (χ3v) is 2.28. The Balaban J connectivity index is 2.76. The van der Waals surface area contributed by atoms with Gasteiger partial charge in [0.2, 0.25) is 0 Å². The van der Waals surface area contributed by atoms with Gasteiger partial charge in [-0.05, 0) is 31.7 Å². The Bertz CT molecular complexity index is 323.